The number of benzene rings is 2. The van der Waals surface area contributed by atoms with Gasteiger partial charge in [-0.3, -0.25) is 0 Å². The van der Waals surface area contributed by atoms with Crippen molar-refractivity contribution in [2.75, 3.05) is 7.11 Å². The molecule has 0 heterocycles. The molecule has 0 aliphatic heterocycles. The first-order valence-electron chi connectivity index (χ1n) is 12.4. The molecule has 5 heteroatoms. The molecule has 0 aliphatic rings. The fourth-order valence-corrected chi connectivity index (χ4v) is 4.31. The van der Waals surface area contributed by atoms with Gasteiger partial charge in [0.25, 0.3) is 5.92 Å². The van der Waals surface area contributed by atoms with E-state index in [0.717, 1.165) is 42.4 Å². The molecule has 2 unspecified atom stereocenters. The summed E-state index contributed by atoms with van der Waals surface area (Å²) in [6.45, 7) is 7.87. The summed E-state index contributed by atoms with van der Waals surface area (Å²) in [5, 5.41) is 12.1. The third-order valence-electron chi connectivity index (χ3n) is 6.67. The number of halogens is 3. The zero-order chi connectivity index (χ0) is 26.1. The lowest BCUT2D eigenvalue weighted by atomic mass is 9.79. The molecule has 0 amide bonds. The Hall–Kier alpha value is -2.17. The first kappa shape index (κ1) is 29.1. The third kappa shape index (κ3) is 7.65. The van der Waals surface area contributed by atoms with E-state index >= 15 is 8.78 Å². The molecule has 0 bridgehead atoms. The van der Waals surface area contributed by atoms with Crippen molar-refractivity contribution in [3.05, 3.63) is 88.0 Å². The van der Waals surface area contributed by atoms with E-state index in [2.05, 4.69) is 26.0 Å². The average Bonchev–Trinajstić information content (AvgIpc) is 2.82. The van der Waals surface area contributed by atoms with Gasteiger partial charge < -0.3 is 9.84 Å². The smallest absolute Gasteiger partial charge is 0.299 e. The monoisotopic (exact) mass is 504 g/mol. The van der Waals surface area contributed by atoms with Crippen LogP contribution in [0.1, 0.15) is 68.7 Å². The molecule has 2 aromatic rings. The Morgan fingerprint density at radius 2 is 1.77 bits per heavy atom. The van der Waals surface area contributed by atoms with E-state index in [1.54, 1.807) is 36.4 Å². The highest BCUT2D eigenvalue weighted by Crippen LogP contribution is 2.46. The van der Waals surface area contributed by atoms with Crippen LogP contribution >= 0.6 is 11.6 Å². The van der Waals surface area contributed by atoms with Crippen molar-refractivity contribution in [2.45, 2.75) is 77.7 Å². The molecule has 0 fully saturated rings. The van der Waals surface area contributed by atoms with Gasteiger partial charge in [-0.2, -0.15) is 8.78 Å². The Labute approximate surface area is 214 Å². The minimum Gasteiger partial charge on any atom is -0.496 e. The van der Waals surface area contributed by atoms with Crippen LogP contribution in [0.3, 0.4) is 0 Å². The Morgan fingerprint density at radius 1 is 1.11 bits per heavy atom. The van der Waals surface area contributed by atoms with Crippen LogP contribution in [0.2, 0.25) is 5.02 Å². The van der Waals surface area contributed by atoms with Gasteiger partial charge in [0.05, 0.1) is 7.11 Å². The minimum atomic E-state index is -3.53. The van der Waals surface area contributed by atoms with Gasteiger partial charge in [-0.25, -0.2) is 0 Å². The lowest BCUT2D eigenvalue weighted by Gasteiger charge is -2.36. The largest absolute Gasteiger partial charge is 0.496 e. The Morgan fingerprint density at radius 3 is 2.37 bits per heavy atom. The van der Waals surface area contributed by atoms with Gasteiger partial charge in [-0.05, 0) is 92.5 Å². The van der Waals surface area contributed by atoms with Crippen LogP contribution < -0.4 is 4.74 Å². The molecule has 0 aromatic heterocycles. The molecule has 2 nitrogen and oxygen atoms in total. The standard InChI is InChI=1S/C30H39ClF2O2/c1-6-18-30(32,33)29(34,21-24-14-16-26(31)17-15-24)27-19-23(4)25(20-28(27)35-5)13-11-9-8-10-12-22(3)7-2/h6,8-9,14-20,22,34H,7,10-13,21H2,1-5H3/b9-8+,18-6+. The number of aryl methyl sites for hydroxylation is 2. The van der Waals surface area contributed by atoms with E-state index in [-0.39, 0.29) is 17.7 Å². The molecular formula is C30H39ClF2O2. The zero-order valence-electron chi connectivity index (χ0n) is 21.6. The van der Waals surface area contributed by atoms with Gasteiger partial charge in [-0.1, -0.05) is 62.2 Å². The highest BCUT2D eigenvalue weighted by Gasteiger charge is 2.53. The predicted molar refractivity (Wildman–Crippen MR) is 143 cm³/mol. The van der Waals surface area contributed by atoms with E-state index < -0.39 is 11.5 Å². The highest BCUT2D eigenvalue weighted by molar-refractivity contribution is 6.30. The van der Waals surface area contributed by atoms with Gasteiger partial charge in [-0.15, -0.1) is 0 Å². The van der Waals surface area contributed by atoms with Crippen LogP contribution in [0.4, 0.5) is 8.78 Å². The van der Waals surface area contributed by atoms with Gasteiger partial charge in [0.15, 0.2) is 5.60 Å². The van der Waals surface area contributed by atoms with Gasteiger partial charge >= 0.3 is 0 Å². The maximum atomic E-state index is 15.4. The van der Waals surface area contributed by atoms with Crippen LogP contribution in [0, 0.1) is 12.8 Å². The zero-order valence-corrected chi connectivity index (χ0v) is 22.3. The third-order valence-corrected chi connectivity index (χ3v) is 6.93. The molecule has 0 spiro atoms. The van der Waals surface area contributed by atoms with E-state index in [1.165, 1.54) is 33.0 Å². The van der Waals surface area contributed by atoms with E-state index in [1.807, 2.05) is 6.92 Å². The van der Waals surface area contributed by atoms with Gasteiger partial charge in [0.1, 0.15) is 5.75 Å². The summed E-state index contributed by atoms with van der Waals surface area (Å²) in [5.41, 5.74) is -0.0199. The quantitative estimate of drug-likeness (QED) is 0.277. The van der Waals surface area contributed by atoms with Gasteiger partial charge in [0.2, 0.25) is 0 Å². The number of hydrogen-bond acceptors (Lipinski definition) is 2. The molecule has 0 saturated carbocycles. The molecule has 0 radical (unpaired) electrons. The summed E-state index contributed by atoms with van der Waals surface area (Å²) in [4.78, 5) is 0. The van der Waals surface area contributed by atoms with Crippen LogP contribution in [0.15, 0.2) is 60.7 Å². The number of alkyl halides is 2. The summed E-state index contributed by atoms with van der Waals surface area (Å²) in [7, 11) is 1.45. The van der Waals surface area contributed by atoms with E-state index in [9.17, 15) is 5.11 Å². The van der Waals surface area contributed by atoms with Crippen LogP contribution in [0.5, 0.6) is 5.75 Å². The molecule has 1 N–H and O–H groups in total. The summed E-state index contributed by atoms with van der Waals surface area (Å²) in [6.07, 6.45) is 11.2. The number of hydrogen-bond donors (Lipinski definition) is 1. The van der Waals surface area contributed by atoms with Crippen LogP contribution in [-0.4, -0.2) is 18.1 Å². The van der Waals surface area contributed by atoms with Gasteiger partial charge in [0, 0.05) is 17.0 Å². The maximum absolute atomic E-state index is 15.4. The number of ether oxygens (including phenoxy) is 1. The number of methoxy groups -OCH3 is 1. The van der Waals surface area contributed by atoms with Crippen LogP contribution in [0.25, 0.3) is 0 Å². The van der Waals surface area contributed by atoms with E-state index in [4.69, 9.17) is 16.3 Å². The number of allylic oxidation sites excluding steroid dienone is 3. The number of aliphatic hydroxyl groups is 1. The first-order chi connectivity index (χ1) is 16.6. The Kier molecular flexibility index (Phi) is 11.0. The molecule has 35 heavy (non-hydrogen) atoms. The second-order valence-corrected chi connectivity index (χ2v) is 9.80. The Bertz CT molecular complexity index is 998. The van der Waals surface area contributed by atoms with Crippen molar-refractivity contribution in [3.8, 4) is 5.75 Å². The van der Waals surface area contributed by atoms with Crippen molar-refractivity contribution in [3.63, 3.8) is 0 Å². The SMILES string of the molecule is C/C=C/C(F)(F)C(O)(Cc1ccc(Cl)cc1)c1cc(C)c(CC/C=C/CCC(C)CC)cc1OC. The summed E-state index contributed by atoms with van der Waals surface area (Å²) in [6, 6.07) is 10.0. The van der Waals surface area contributed by atoms with E-state index in [0.29, 0.717) is 10.6 Å². The summed E-state index contributed by atoms with van der Waals surface area (Å²) < 4.78 is 36.4. The second kappa shape index (κ2) is 13.2. The Balaban J connectivity index is 2.37. The van der Waals surface area contributed by atoms with Crippen LogP contribution in [-0.2, 0) is 18.4 Å². The second-order valence-electron chi connectivity index (χ2n) is 9.37. The molecule has 192 valence electrons. The molecule has 2 atom stereocenters. The van der Waals surface area contributed by atoms with Crippen molar-refractivity contribution in [1.82, 2.24) is 0 Å². The molecule has 0 aliphatic carbocycles. The lowest BCUT2D eigenvalue weighted by molar-refractivity contribution is -0.156. The van der Waals surface area contributed by atoms with Crippen molar-refractivity contribution >= 4 is 11.6 Å². The molecule has 2 rings (SSSR count). The molecule has 0 saturated heterocycles. The summed E-state index contributed by atoms with van der Waals surface area (Å²) >= 11 is 5.97. The van der Waals surface area contributed by atoms with Crippen molar-refractivity contribution in [2.24, 2.45) is 5.92 Å². The highest BCUT2D eigenvalue weighted by atomic mass is 35.5. The van der Waals surface area contributed by atoms with Crippen molar-refractivity contribution in [1.29, 1.82) is 0 Å². The first-order valence-corrected chi connectivity index (χ1v) is 12.8. The van der Waals surface area contributed by atoms with Crippen molar-refractivity contribution < 1.29 is 18.6 Å². The fraction of sp³-hybridized carbons (Fsp3) is 0.467. The average molecular weight is 505 g/mol. The normalized spacial score (nSPS) is 15.0. The summed E-state index contributed by atoms with van der Waals surface area (Å²) in [5.74, 6) is -2.54. The maximum Gasteiger partial charge on any atom is 0.299 e. The fourth-order valence-electron chi connectivity index (χ4n) is 4.19. The number of rotatable bonds is 13. The minimum absolute atomic E-state index is 0.0726. The molecular weight excluding hydrogens is 466 g/mol. The predicted octanol–water partition coefficient (Wildman–Crippen LogP) is 8.61. The topological polar surface area (TPSA) is 29.5 Å². The molecule has 2 aromatic carbocycles. The lowest BCUT2D eigenvalue weighted by Crippen LogP contribution is -2.46.